The van der Waals surface area contributed by atoms with Gasteiger partial charge in [0.15, 0.2) is 5.96 Å². The number of guanidine groups is 1. The van der Waals surface area contributed by atoms with Gasteiger partial charge in [0, 0.05) is 44.2 Å². The number of thiazole rings is 1. The highest BCUT2D eigenvalue weighted by Gasteiger charge is 2.21. The van der Waals surface area contributed by atoms with Crippen LogP contribution in [0.15, 0.2) is 40.7 Å². The van der Waals surface area contributed by atoms with E-state index in [1.54, 1.807) is 18.4 Å². The molecule has 8 heteroatoms. The second kappa shape index (κ2) is 12.5. The molecule has 6 nitrogen and oxygen atoms in total. The minimum atomic E-state index is 0. The monoisotopic (exact) mass is 529 g/mol. The van der Waals surface area contributed by atoms with Crippen molar-refractivity contribution in [3.8, 4) is 10.6 Å². The van der Waals surface area contributed by atoms with Gasteiger partial charge in [-0.25, -0.2) is 4.98 Å². The normalized spacial score (nSPS) is 17.8. The lowest BCUT2D eigenvalue weighted by Gasteiger charge is -2.34. The van der Waals surface area contributed by atoms with Gasteiger partial charge in [0.1, 0.15) is 5.01 Å². The molecule has 2 aromatic rings. The number of ether oxygens (including phenoxy) is 1. The second-order valence-electron chi connectivity index (χ2n) is 7.46. The van der Waals surface area contributed by atoms with Gasteiger partial charge in [-0.1, -0.05) is 44.2 Å². The largest absolute Gasteiger partial charge is 0.374 e. The Balaban J connectivity index is 0.00000300. The first-order valence-electron chi connectivity index (χ1n) is 9.92. The first-order chi connectivity index (χ1) is 13.6. The minimum absolute atomic E-state index is 0. The van der Waals surface area contributed by atoms with Crippen molar-refractivity contribution < 1.29 is 4.74 Å². The standard InChI is InChI=1S/C21H31N5OS.HI/c1-16(2)13-26-9-10-27-19(14-26)12-24-21(22-3)23-11-18-15-28-20(25-18)17-7-5-4-6-8-17;/h4-8,15-16,19H,9-14H2,1-3H3,(H2,22,23,24);1H. The molecule has 0 radical (unpaired) electrons. The van der Waals surface area contributed by atoms with Crippen LogP contribution in [0, 0.1) is 5.92 Å². The van der Waals surface area contributed by atoms with Crippen LogP contribution in [0.25, 0.3) is 10.6 Å². The number of morpholine rings is 1. The fourth-order valence-corrected chi connectivity index (χ4v) is 4.12. The molecule has 1 aromatic heterocycles. The quantitative estimate of drug-likeness (QED) is 0.327. The predicted octanol–water partition coefficient (Wildman–Crippen LogP) is 3.45. The Labute approximate surface area is 195 Å². The molecule has 1 atom stereocenters. The number of rotatable bonds is 7. The molecule has 3 rings (SSSR count). The molecule has 0 saturated carbocycles. The Bertz CT molecular complexity index is 753. The molecule has 1 aliphatic rings. The van der Waals surface area contributed by atoms with Crippen molar-refractivity contribution in [3.63, 3.8) is 0 Å². The van der Waals surface area contributed by atoms with E-state index in [0.717, 1.165) is 55.0 Å². The summed E-state index contributed by atoms with van der Waals surface area (Å²) in [6.07, 6.45) is 0.190. The van der Waals surface area contributed by atoms with E-state index in [0.29, 0.717) is 12.5 Å². The van der Waals surface area contributed by atoms with Crippen LogP contribution in [0.1, 0.15) is 19.5 Å². The summed E-state index contributed by atoms with van der Waals surface area (Å²) >= 11 is 1.67. The number of aromatic nitrogens is 1. The topological polar surface area (TPSA) is 61.8 Å². The fourth-order valence-electron chi connectivity index (χ4n) is 3.29. The highest BCUT2D eigenvalue weighted by molar-refractivity contribution is 14.0. The second-order valence-corrected chi connectivity index (χ2v) is 8.32. The summed E-state index contributed by atoms with van der Waals surface area (Å²) in [6.45, 7) is 9.83. The van der Waals surface area contributed by atoms with Gasteiger partial charge < -0.3 is 15.4 Å². The van der Waals surface area contributed by atoms with E-state index in [2.05, 4.69) is 51.9 Å². The van der Waals surface area contributed by atoms with Gasteiger partial charge in [-0.3, -0.25) is 9.89 Å². The molecule has 1 aromatic carbocycles. The van der Waals surface area contributed by atoms with Gasteiger partial charge in [0.05, 0.1) is 24.9 Å². The molecule has 160 valence electrons. The lowest BCUT2D eigenvalue weighted by Crippen LogP contribution is -2.50. The average Bonchev–Trinajstić information content (AvgIpc) is 3.18. The van der Waals surface area contributed by atoms with E-state index in [4.69, 9.17) is 9.72 Å². The molecular formula is C21H32IN5OS. The van der Waals surface area contributed by atoms with Crippen LogP contribution in [0.5, 0.6) is 0 Å². The van der Waals surface area contributed by atoms with Crippen LogP contribution in [0.2, 0.25) is 0 Å². The van der Waals surface area contributed by atoms with Crippen LogP contribution in [-0.2, 0) is 11.3 Å². The third kappa shape index (κ3) is 7.84. The number of nitrogens with one attached hydrogen (secondary N) is 2. The third-order valence-electron chi connectivity index (χ3n) is 4.58. The molecule has 0 spiro atoms. The predicted molar refractivity (Wildman–Crippen MR) is 132 cm³/mol. The molecule has 1 aliphatic heterocycles. The SMILES string of the molecule is CN=C(NCc1csc(-c2ccccc2)n1)NCC1CN(CC(C)C)CCO1.I. The molecule has 0 amide bonds. The fraction of sp³-hybridized carbons (Fsp3) is 0.524. The van der Waals surface area contributed by atoms with Crippen LogP contribution < -0.4 is 10.6 Å². The lowest BCUT2D eigenvalue weighted by atomic mass is 10.2. The molecule has 29 heavy (non-hydrogen) atoms. The third-order valence-corrected chi connectivity index (χ3v) is 5.52. The molecule has 2 heterocycles. The Kier molecular flexibility index (Phi) is 10.3. The zero-order valence-electron chi connectivity index (χ0n) is 17.4. The summed E-state index contributed by atoms with van der Waals surface area (Å²) in [7, 11) is 1.79. The zero-order chi connectivity index (χ0) is 19.8. The van der Waals surface area contributed by atoms with Crippen LogP contribution in [0.4, 0.5) is 0 Å². The molecule has 2 N–H and O–H groups in total. The summed E-state index contributed by atoms with van der Waals surface area (Å²) in [5.41, 5.74) is 2.17. The zero-order valence-corrected chi connectivity index (χ0v) is 20.6. The average molecular weight is 529 g/mol. The maximum absolute atomic E-state index is 5.90. The summed E-state index contributed by atoms with van der Waals surface area (Å²) in [5.74, 6) is 1.46. The number of hydrogen-bond acceptors (Lipinski definition) is 5. The van der Waals surface area contributed by atoms with Crippen molar-refractivity contribution in [1.82, 2.24) is 20.5 Å². The maximum atomic E-state index is 5.90. The molecular weight excluding hydrogens is 497 g/mol. The van der Waals surface area contributed by atoms with E-state index < -0.39 is 0 Å². The minimum Gasteiger partial charge on any atom is -0.374 e. The van der Waals surface area contributed by atoms with Gasteiger partial charge in [-0.2, -0.15) is 0 Å². The van der Waals surface area contributed by atoms with Crippen molar-refractivity contribution in [1.29, 1.82) is 0 Å². The smallest absolute Gasteiger partial charge is 0.191 e. The van der Waals surface area contributed by atoms with Crippen molar-refractivity contribution in [2.45, 2.75) is 26.5 Å². The Morgan fingerprint density at radius 2 is 2.10 bits per heavy atom. The molecule has 0 aliphatic carbocycles. The van der Waals surface area contributed by atoms with Crippen molar-refractivity contribution in [2.75, 3.05) is 39.8 Å². The maximum Gasteiger partial charge on any atom is 0.191 e. The summed E-state index contributed by atoms with van der Waals surface area (Å²) in [4.78, 5) is 11.5. The van der Waals surface area contributed by atoms with Crippen LogP contribution >= 0.6 is 35.3 Å². The first-order valence-corrected chi connectivity index (χ1v) is 10.8. The highest BCUT2D eigenvalue weighted by Crippen LogP contribution is 2.23. The van der Waals surface area contributed by atoms with Gasteiger partial charge in [0.2, 0.25) is 0 Å². The van der Waals surface area contributed by atoms with Gasteiger partial charge in [0.25, 0.3) is 0 Å². The van der Waals surface area contributed by atoms with E-state index in [1.807, 2.05) is 18.2 Å². The van der Waals surface area contributed by atoms with E-state index in [1.165, 1.54) is 0 Å². The molecule has 1 saturated heterocycles. The van der Waals surface area contributed by atoms with Gasteiger partial charge in [-0.05, 0) is 5.92 Å². The Morgan fingerprint density at radius 1 is 1.31 bits per heavy atom. The van der Waals surface area contributed by atoms with E-state index in [9.17, 15) is 0 Å². The van der Waals surface area contributed by atoms with Gasteiger partial charge in [-0.15, -0.1) is 35.3 Å². The lowest BCUT2D eigenvalue weighted by molar-refractivity contribution is -0.0284. The van der Waals surface area contributed by atoms with Gasteiger partial charge >= 0.3 is 0 Å². The number of hydrogen-bond donors (Lipinski definition) is 2. The van der Waals surface area contributed by atoms with E-state index >= 15 is 0 Å². The van der Waals surface area contributed by atoms with Crippen LogP contribution in [0.3, 0.4) is 0 Å². The van der Waals surface area contributed by atoms with Crippen molar-refractivity contribution >= 4 is 41.3 Å². The van der Waals surface area contributed by atoms with Crippen LogP contribution in [-0.4, -0.2) is 61.8 Å². The summed E-state index contributed by atoms with van der Waals surface area (Å²) in [6, 6.07) is 10.3. The van der Waals surface area contributed by atoms with Crippen molar-refractivity contribution in [2.24, 2.45) is 10.9 Å². The Hall–Kier alpha value is -1.23. The van der Waals surface area contributed by atoms with Crippen molar-refractivity contribution in [3.05, 3.63) is 41.4 Å². The molecule has 1 unspecified atom stereocenters. The molecule has 0 bridgehead atoms. The Morgan fingerprint density at radius 3 is 2.83 bits per heavy atom. The number of benzene rings is 1. The summed E-state index contributed by atoms with van der Waals surface area (Å²) < 4.78 is 5.90. The number of aliphatic imine (C=N–C) groups is 1. The highest BCUT2D eigenvalue weighted by atomic mass is 127. The number of halogens is 1. The van der Waals surface area contributed by atoms with E-state index in [-0.39, 0.29) is 30.1 Å². The molecule has 1 fully saturated rings. The number of nitrogens with zero attached hydrogens (tertiary/aromatic N) is 3. The first kappa shape index (κ1) is 24.0. The summed E-state index contributed by atoms with van der Waals surface area (Å²) in [5, 5.41) is 9.87.